The number of benzene rings is 1. The number of hydrogen-bond donors (Lipinski definition) is 3. The molecule has 0 radical (unpaired) electrons. The van der Waals surface area contributed by atoms with E-state index in [0.717, 1.165) is 23.2 Å². The van der Waals surface area contributed by atoms with E-state index in [-0.39, 0.29) is 30.5 Å². The van der Waals surface area contributed by atoms with Gasteiger partial charge in [-0.15, -0.1) is 0 Å². The van der Waals surface area contributed by atoms with Crippen molar-refractivity contribution in [2.45, 2.75) is 89.3 Å². The van der Waals surface area contributed by atoms with Gasteiger partial charge in [-0.3, -0.25) is 19.5 Å². The largest absolute Gasteiger partial charge is 0.493 e. The number of rotatable bonds is 3. The van der Waals surface area contributed by atoms with Crippen molar-refractivity contribution in [1.29, 1.82) is 0 Å². The predicted molar refractivity (Wildman–Crippen MR) is 147 cm³/mol. The molecule has 5 atom stereocenters. The average molecular weight is 537 g/mol. The zero-order valence-electron chi connectivity index (χ0n) is 23.1. The molecule has 4 heterocycles. The lowest BCUT2D eigenvalue weighted by molar-refractivity contribution is -0.133. The Morgan fingerprint density at radius 1 is 1.18 bits per heavy atom. The Morgan fingerprint density at radius 2 is 2.03 bits per heavy atom. The molecule has 0 unspecified atom stereocenters. The molecule has 9 nitrogen and oxygen atoms in total. The van der Waals surface area contributed by atoms with Gasteiger partial charge in [0.1, 0.15) is 11.9 Å². The van der Waals surface area contributed by atoms with Crippen LogP contribution < -0.4 is 15.4 Å². The highest BCUT2D eigenvalue weighted by Crippen LogP contribution is 2.28. The lowest BCUT2D eigenvalue weighted by atomic mass is 9.99. The summed E-state index contributed by atoms with van der Waals surface area (Å²) in [5.41, 5.74) is 3.55. The Balaban J connectivity index is 1.43. The molecule has 2 amide bonds. The van der Waals surface area contributed by atoms with E-state index in [1.807, 2.05) is 37.3 Å². The average Bonchev–Trinajstić information content (AvgIpc) is 3.31. The van der Waals surface area contributed by atoms with E-state index in [0.29, 0.717) is 56.2 Å². The molecule has 0 saturated carbocycles. The van der Waals surface area contributed by atoms with Crippen molar-refractivity contribution in [2.75, 3.05) is 19.7 Å². The summed E-state index contributed by atoms with van der Waals surface area (Å²) < 4.78 is 12.4. The van der Waals surface area contributed by atoms with Gasteiger partial charge in [-0.1, -0.05) is 26.0 Å². The predicted octanol–water partition coefficient (Wildman–Crippen LogP) is 2.69. The van der Waals surface area contributed by atoms with Crippen molar-refractivity contribution in [2.24, 2.45) is 0 Å². The number of aryl methyl sites for hydroxylation is 1. The van der Waals surface area contributed by atoms with E-state index in [1.165, 1.54) is 0 Å². The van der Waals surface area contributed by atoms with E-state index in [1.54, 1.807) is 6.20 Å². The van der Waals surface area contributed by atoms with Gasteiger partial charge >= 0.3 is 0 Å². The molecular weight excluding hydrogens is 496 g/mol. The highest BCUT2D eigenvalue weighted by atomic mass is 16.5. The number of hydrogen-bond acceptors (Lipinski definition) is 7. The first kappa shape index (κ1) is 27.6. The Kier molecular flexibility index (Phi) is 8.49. The van der Waals surface area contributed by atoms with Gasteiger partial charge in [-0.2, -0.15) is 0 Å². The highest BCUT2D eigenvalue weighted by molar-refractivity contribution is 5.97. The number of aliphatic hydroxyl groups is 1. The SMILES string of the molecule is Cc1cccnc1CN1C[C@@H]2C[C@H]1C(=O)NC[C@H]1O[C@H](CCOc3cc(C(C)C)ccc3C(=O)N2)CC[C@@H]1O. The first-order valence-electron chi connectivity index (χ1n) is 14.1. The summed E-state index contributed by atoms with van der Waals surface area (Å²) in [6, 6.07) is 9.01. The maximum atomic E-state index is 13.5. The Bertz CT molecular complexity index is 1190. The first-order valence-corrected chi connectivity index (χ1v) is 14.1. The van der Waals surface area contributed by atoms with Crippen molar-refractivity contribution in [3.8, 4) is 5.75 Å². The fraction of sp³-hybridized carbons (Fsp3) is 0.567. The number of carbonyl (C=O) groups excluding carboxylic acids is 2. The number of ether oxygens (including phenoxy) is 2. The number of aliphatic hydroxyl groups excluding tert-OH is 1. The number of nitrogens with one attached hydrogen (secondary N) is 2. The van der Waals surface area contributed by atoms with Crippen LogP contribution in [0.2, 0.25) is 0 Å². The molecule has 9 heteroatoms. The fourth-order valence-corrected chi connectivity index (χ4v) is 5.76. The lowest BCUT2D eigenvalue weighted by Crippen LogP contribution is -2.50. The van der Waals surface area contributed by atoms with Crippen LogP contribution in [0.25, 0.3) is 0 Å². The van der Waals surface area contributed by atoms with Crippen LogP contribution in [0, 0.1) is 6.92 Å². The fourth-order valence-electron chi connectivity index (χ4n) is 5.76. The van der Waals surface area contributed by atoms with E-state index in [9.17, 15) is 14.7 Å². The van der Waals surface area contributed by atoms with Crippen LogP contribution in [0.4, 0.5) is 0 Å². The molecule has 2 fully saturated rings. The molecule has 0 aliphatic carbocycles. The van der Waals surface area contributed by atoms with Gasteiger partial charge in [0.2, 0.25) is 5.91 Å². The third-order valence-corrected chi connectivity index (χ3v) is 8.18. The van der Waals surface area contributed by atoms with Gasteiger partial charge in [-0.05, 0) is 61.4 Å². The summed E-state index contributed by atoms with van der Waals surface area (Å²) in [5.74, 6) is 0.524. The number of nitrogens with zero attached hydrogens (tertiary/aromatic N) is 2. The second-order valence-corrected chi connectivity index (χ2v) is 11.4. The van der Waals surface area contributed by atoms with Gasteiger partial charge in [0, 0.05) is 38.3 Å². The molecule has 210 valence electrons. The molecule has 2 saturated heterocycles. The molecule has 1 aromatic heterocycles. The van der Waals surface area contributed by atoms with E-state index in [4.69, 9.17) is 9.47 Å². The molecule has 3 aliphatic heterocycles. The molecule has 3 aliphatic rings. The van der Waals surface area contributed by atoms with Gasteiger partial charge < -0.3 is 25.2 Å². The van der Waals surface area contributed by atoms with Crippen molar-refractivity contribution in [3.63, 3.8) is 0 Å². The van der Waals surface area contributed by atoms with E-state index < -0.39 is 18.2 Å². The zero-order chi connectivity index (χ0) is 27.5. The monoisotopic (exact) mass is 536 g/mol. The highest BCUT2D eigenvalue weighted by Gasteiger charge is 2.39. The molecular formula is C30H40N4O5. The second-order valence-electron chi connectivity index (χ2n) is 11.4. The van der Waals surface area contributed by atoms with Crippen molar-refractivity contribution in [3.05, 3.63) is 58.9 Å². The van der Waals surface area contributed by atoms with Gasteiger partial charge in [0.15, 0.2) is 0 Å². The van der Waals surface area contributed by atoms with Crippen LogP contribution in [0.5, 0.6) is 5.75 Å². The summed E-state index contributed by atoms with van der Waals surface area (Å²) in [7, 11) is 0. The maximum Gasteiger partial charge on any atom is 0.255 e. The summed E-state index contributed by atoms with van der Waals surface area (Å²) >= 11 is 0. The molecule has 4 bridgehead atoms. The standard InChI is InChI=1S/C30H40N4O5/c1-18(2)20-6-8-23-27(13-20)38-12-10-22-7-9-26(35)28(39-22)15-32-30(37)25-14-21(33-29(23)36)16-34(25)17-24-19(3)5-4-11-31-24/h4-6,8,11,13,18,21-22,25-26,28,35H,7,9-10,12,14-17H2,1-3H3,(H,32,37)(H,33,36)/t21-,22-,25-,26-,28+/m0/s1. The van der Waals surface area contributed by atoms with E-state index >= 15 is 0 Å². The van der Waals surface area contributed by atoms with Crippen molar-refractivity contribution >= 4 is 11.8 Å². The minimum Gasteiger partial charge on any atom is -0.493 e. The number of aromatic nitrogens is 1. The van der Waals surface area contributed by atoms with Gasteiger partial charge in [0.25, 0.3) is 5.91 Å². The summed E-state index contributed by atoms with van der Waals surface area (Å²) in [6.45, 7) is 7.88. The Morgan fingerprint density at radius 3 is 2.82 bits per heavy atom. The molecule has 39 heavy (non-hydrogen) atoms. The molecule has 1 aromatic carbocycles. The summed E-state index contributed by atoms with van der Waals surface area (Å²) in [5, 5.41) is 16.8. The summed E-state index contributed by atoms with van der Waals surface area (Å²) in [4.78, 5) is 33.6. The molecule has 3 N–H and O–H groups in total. The van der Waals surface area contributed by atoms with Gasteiger partial charge in [-0.25, -0.2) is 0 Å². The molecule has 0 spiro atoms. The Hall–Kier alpha value is -3.01. The minimum absolute atomic E-state index is 0.0896. The topological polar surface area (TPSA) is 113 Å². The first-order chi connectivity index (χ1) is 18.8. The quantitative estimate of drug-likeness (QED) is 0.553. The number of fused-ring (bicyclic) bond motifs is 5. The smallest absolute Gasteiger partial charge is 0.255 e. The van der Waals surface area contributed by atoms with Crippen LogP contribution in [0.1, 0.15) is 72.6 Å². The number of likely N-dealkylation sites (tertiary alicyclic amines) is 1. The number of pyridine rings is 1. The zero-order valence-corrected chi connectivity index (χ0v) is 23.1. The second kappa shape index (κ2) is 12.0. The normalized spacial score (nSPS) is 28.4. The lowest BCUT2D eigenvalue weighted by Gasteiger charge is -2.34. The van der Waals surface area contributed by atoms with Crippen LogP contribution in [0.15, 0.2) is 36.5 Å². The summed E-state index contributed by atoms with van der Waals surface area (Å²) in [6.07, 6.45) is 3.01. The Labute approximate surface area is 230 Å². The van der Waals surface area contributed by atoms with Crippen LogP contribution in [-0.2, 0) is 16.1 Å². The number of carbonyl (C=O) groups is 2. The van der Waals surface area contributed by atoms with E-state index in [2.05, 4.69) is 34.4 Å². The molecule has 5 rings (SSSR count). The van der Waals surface area contributed by atoms with Crippen molar-refractivity contribution in [1.82, 2.24) is 20.5 Å². The molecule has 2 aromatic rings. The van der Waals surface area contributed by atoms with Crippen LogP contribution in [0.3, 0.4) is 0 Å². The maximum absolute atomic E-state index is 13.5. The van der Waals surface area contributed by atoms with Crippen LogP contribution >= 0.6 is 0 Å². The number of amides is 2. The van der Waals surface area contributed by atoms with Crippen molar-refractivity contribution < 1.29 is 24.2 Å². The van der Waals surface area contributed by atoms with Crippen LogP contribution in [-0.4, -0.2) is 76.9 Å². The minimum atomic E-state index is -0.626. The third kappa shape index (κ3) is 6.42. The van der Waals surface area contributed by atoms with Gasteiger partial charge in [0.05, 0.1) is 36.1 Å². The third-order valence-electron chi connectivity index (χ3n) is 8.18.